The van der Waals surface area contributed by atoms with E-state index in [0.29, 0.717) is 0 Å². The van der Waals surface area contributed by atoms with Gasteiger partial charge >= 0.3 is 29.9 Å². The average molecular weight is 858 g/mol. The van der Waals surface area contributed by atoms with Crippen LogP contribution in [0.15, 0.2) is 65.7 Å². The van der Waals surface area contributed by atoms with Crippen LogP contribution in [0.3, 0.4) is 0 Å². The Bertz CT molecular complexity index is 2100. The summed E-state index contributed by atoms with van der Waals surface area (Å²) < 4.78 is 67.5. The summed E-state index contributed by atoms with van der Waals surface area (Å²) >= 11 is 0. The Morgan fingerprint density at radius 1 is 0.967 bits per heavy atom. The second kappa shape index (κ2) is 15.7. The number of fused-ring (bicyclic) bond motifs is 5. The summed E-state index contributed by atoms with van der Waals surface area (Å²) in [5.74, 6) is -10.9. The third-order valence-corrected chi connectivity index (χ3v) is 12.9. The number of esters is 3. The number of aliphatic hydroxyl groups excluding tert-OH is 2. The number of methoxy groups -OCH3 is 1. The van der Waals surface area contributed by atoms with Crippen molar-refractivity contribution >= 4 is 29.8 Å². The molecule has 0 spiro atoms. The maximum atomic E-state index is 16.8. The summed E-state index contributed by atoms with van der Waals surface area (Å²) in [6, 6.07) is 10.3. The first-order chi connectivity index (χ1) is 28.3. The molecule has 332 valence electrons. The van der Waals surface area contributed by atoms with E-state index in [2.05, 4.69) is 5.32 Å². The van der Waals surface area contributed by atoms with E-state index in [0.717, 1.165) is 6.92 Å². The molecule has 10 atom stereocenters. The van der Waals surface area contributed by atoms with E-state index < -0.39 is 112 Å². The Labute approximate surface area is 351 Å². The highest BCUT2D eigenvalue weighted by atomic mass is 19.3. The first-order valence-corrected chi connectivity index (χ1v) is 19.9. The summed E-state index contributed by atoms with van der Waals surface area (Å²) in [4.78, 5) is 68.9. The van der Waals surface area contributed by atoms with E-state index in [1.54, 1.807) is 18.2 Å². The number of ether oxygens (including phenoxy) is 6. The molecule has 2 aromatic carbocycles. The van der Waals surface area contributed by atoms with Gasteiger partial charge in [0, 0.05) is 25.2 Å². The van der Waals surface area contributed by atoms with E-state index in [1.807, 2.05) is 0 Å². The molecule has 2 aromatic rings. The fourth-order valence-corrected chi connectivity index (χ4v) is 9.70. The molecule has 17 heteroatoms. The number of nitrogens with one attached hydrogen (secondary N) is 1. The Morgan fingerprint density at radius 3 is 2.13 bits per heavy atom. The van der Waals surface area contributed by atoms with E-state index in [-0.39, 0.29) is 41.1 Å². The van der Waals surface area contributed by atoms with Gasteiger partial charge in [0.25, 0.3) is 0 Å². The van der Waals surface area contributed by atoms with Crippen molar-refractivity contribution in [3.63, 3.8) is 0 Å². The smallest absolute Gasteiger partial charge is 0.408 e. The molecule has 3 aliphatic carbocycles. The molecule has 61 heavy (non-hydrogen) atoms. The maximum Gasteiger partial charge on any atom is 0.408 e. The number of hydrogen-bond donors (Lipinski definition) is 4. The minimum absolute atomic E-state index is 0.00534. The maximum absolute atomic E-state index is 16.8. The largest absolute Gasteiger partial charge is 0.497 e. The third-order valence-electron chi connectivity index (χ3n) is 12.9. The molecule has 1 amide bonds. The first-order valence-electron chi connectivity index (χ1n) is 19.9. The zero-order valence-corrected chi connectivity index (χ0v) is 35.4. The molecule has 1 saturated heterocycles. The molecule has 3 fully saturated rings. The molecule has 2 bridgehead atoms. The fraction of sp³-hybridized carbons (Fsp3) is 0.568. The SMILES string of the molecule is COc1ccc([C@H](NC(=O)OC(C)(C)C)C(F)(F)C(=O)O[C@H]2C[C@@]3(O)[C@@H](OC(=O)c4ccccc4)[C@@H]4[C@]5(OC(C)=O)CO[C@@H]5C[C@H](O)[C@@]4(C)C(=O)[C@H](O)C(=C2C)C3(C)C)cc1. The van der Waals surface area contributed by atoms with Crippen LogP contribution in [-0.2, 0) is 38.1 Å². The summed E-state index contributed by atoms with van der Waals surface area (Å²) in [6.07, 6.45) is -10.9. The molecule has 6 rings (SSSR count). The van der Waals surface area contributed by atoms with E-state index in [4.69, 9.17) is 28.4 Å². The normalized spacial score (nSPS) is 32.3. The Balaban J connectivity index is 1.50. The number of amides is 1. The fourth-order valence-electron chi connectivity index (χ4n) is 9.70. The molecule has 4 aliphatic rings. The summed E-state index contributed by atoms with van der Waals surface area (Å²) in [7, 11) is 1.36. The van der Waals surface area contributed by atoms with Gasteiger partial charge in [-0.05, 0) is 75.6 Å². The van der Waals surface area contributed by atoms with Crippen molar-refractivity contribution in [3.05, 3.63) is 76.9 Å². The van der Waals surface area contributed by atoms with Crippen LogP contribution in [0, 0.1) is 16.7 Å². The van der Waals surface area contributed by atoms with Gasteiger partial charge in [0.1, 0.15) is 47.4 Å². The van der Waals surface area contributed by atoms with Crippen LogP contribution < -0.4 is 10.1 Å². The first kappa shape index (κ1) is 45.6. The summed E-state index contributed by atoms with van der Waals surface area (Å²) in [6.45, 7) is 10.8. The number of carbonyl (C=O) groups excluding carboxylic acids is 5. The average Bonchev–Trinajstić information content (AvgIpc) is 3.17. The van der Waals surface area contributed by atoms with E-state index in [9.17, 15) is 39.3 Å². The highest BCUT2D eigenvalue weighted by molar-refractivity contribution is 5.94. The molecule has 1 aliphatic heterocycles. The van der Waals surface area contributed by atoms with E-state index >= 15 is 8.78 Å². The monoisotopic (exact) mass is 857 g/mol. The molecule has 0 aromatic heterocycles. The lowest BCUT2D eigenvalue weighted by atomic mass is 9.44. The zero-order chi connectivity index (χ0) is 45.2. The number of hydrogen-bond acceptors (Lipinski definition) is 14. The number of halogens is 2. The van der Waals surface area contributed by atoms with Gasteiger partial charge in [0.05, 0.1) is 36.7 Å². The molecular weight excluding hydrogens is 804 g/mol. The van der Waals surface area contributed by atoms with Crippen LogP contribution in [0.1, 0.15) is 90.2 Å². The molecule has 0 unspecified atom stereocenters. The van der Waals surface area contributed by atoms with Gasteiger partial charge in [0.2, 0.25) is 0 Å². The van der Waals surface area contributed by atoms with Crippen LogP contribution in [0.2, 0.25) is 0 Å². The van der Waals surface area contributed by atoms with Gasteiger partial charge in [-0.15, -0.1) is 0 Å². The number of rotatable bonds is 9. The molecule has 15 nitrogen and oxygen atoms in total. The highest BCUT2D eigenvalue weighted by Crippen LogP contribution is 2.64. The van der Waals surface area contributed by atoms with Crippen LogP contribution in [0.4, 0.5) is 13.6 Å². The van der Waals surface area contributed by atoms with Crippen LogP contribution in [-0.4, -0.2) is 112 Å². The molecule has 1 heterocycles. The van der Waals surface area contributed by atoms with Gasteiger partial charge in [-0.25, -0.2) is 14.4 Å². The van der Waals surface area contributed by atoms with Crippen molar-refractivity contribution in [3.8, 4) is 5.75 Å². The number of carbonyl (C=O) groups is 5. The van der Waals surface area contributed by atoms with Crippen LogP contribution in [0.5, 0.6) is 5.75 Å². The van der Waals surface area contributed by atoms with Crippen LogP contribution in [0.25, 0.3) is 0 Å². The summed E-state index contributed by atoms with van der Waals surface area (Å²) in [5, 5.41) is 39.5. The van der Waals surface area contributed by atoms with Gasteiger partial charge < -0.3 is 49.1 Å². The Kier molecular flexibility index (Phi) is 11.8. The highest BCUT2D eigenvalue weighted by Gasteiger charge is 2.78. The Hall–Kier alpha value is -4.97. The molecule has 0 radical (unpaired) electrons. The minimum Gasteiger partial charge on any atom is -0.497 e. The number of benzene rings is 2. The molecular formula is C44H53F2NO14. The Morgan fingerprint density at radius 2 is 1.59 bits per heavy atom. The lowest BCUT2D eigenvalue weighted by Crippen LogP contribution is -2.81. The third kappa shape index (κ3) is 7.56. The van der Waals surface area contributed by atoms with Crippen molar-refractivity contribution in [2.75, 3.05) is 13.7 Å². The van der Waals surface area contributed by atoms with Crippen molar-refractivity contribution in [2.24, 2.45) is 16.7 Å². The second-order valence-electron chi connectivity index (χ2n) is 18.0. The van der Waals surface area contributed by atoms with Crippen molar-refractivity contribution in [1.82, 2.24) is 5.32 Å². The number of aliphatic hydroxyl groups is 3. The van der Waals surface area contributed by atoms with Crippen molar-refractivity contribution in [1.29, 1.82) is 0 Å². The van der Waals surface area contributed by atoms with Gasteiger partial charge in [-0.2, -0.15) is 8.78 Å². The number of Topliss-reactive ketones (excluding diaryl/α,β-unsaturated/α-hetero) is 1. The molecule has 4 N–H and O–H groups in total. The number of ketones is 1. The lowest BCUT2D eigenvalue weighted by Gasteiger charge is -2.67. The van der Waals surface area contributed by atoms with Gasteiger partial charge in [0.15, 0.2) is 11.4 Å². The predicted octanol–water partition coefficient (Wildman–Crippen LogP) is 4.54. The van der Waals surface area contributed by atoms with Gasteiger partial charge in [-0.3, -0.25) is 9.59 Å². The lowest BCUT2D eigenvalue weighted by molar-refractivity contribution is -0.346. The standard InChI is InChI=1S/C44H53F2NO14/c1-22-27(58-37(53)44(45,46)33(47-38(54)61-39(3,4)5)24-15-17-26(56-9)18-16-24)20-43(55)35(59-36(52)25-13-11-10-12-14-25)32-41(8,34(51)31(50)30(22)40(43,6)7)28(49)19-29-42(32,21-57-29)60-23(2)48/h10-18,27-29,31-33,35,49-50,55H,19-21H2,1-9H3,(H,47,54)/t27-,28-,29+,31+,32-,33-,35-,41+,42-,43+/m0/s1. The predicted molar refractivity (Wildman–Crippen MR) is 209 cm³/mol. The van der Waals surface area contributed by atoms with E-state index in [1.165, 1.54) is 92.0 Å². The quantitative estimate of drug-likeness (QED) is 0.155. The number of alkyl halides is 2. The summed E-state index contributed by atoms with van der Waals surface area (Å²) in [5.41, 5.74) is -9.95. The second-order valence-corrected chi connectivity index (χ2v) is 18.0. The number of alkyl carbamates (subject to hydrolysis) is 1. The topological polar surface area (TPSA) is 213 Å². The van der Waals surface area contributed by atoms with Crippen molar-refractivity contribution < 1.29 is 76.5 Å². The van der Waals surface area contributed by atoms with Gasteiger partial charge in [-0.1, -0.05) is 44.2 Å². The minimum atomic E-state index is -4.55. The zero-order valence-electron chi connectivity index (χ0n) is 35.4. The molecule has 2 saturated carbocycles. The van der Waals surface area contributed by atoms with Crippen LogP contribution >= 0.6 is 0 Å². The van der Waals surface area contributed by atoms with Crippen molar-refractivity contribution in [2.45, 2.75) is 128 Å².